The molecule has 1 aliphatic rings. The maximum absolute atomic E-state index is 10.7. The zero-order valence-electron chi connectivity index (χ0n) is 13.6. The van der Waals surface area contributed by atoms with Gasteiger partial charge in [0.1, 0.15) is 0 Å². The SMILES string of the molecule is CCOC1(C(O)CCCc2ccccc2)CCC(C)CC1. The molecule has 2 nitrogen and oxygen atoms in total. The zero-order chi connectivity index (χ0) is 15.1. The molecule has 1 unspecified atom stereocenters. The van der Waals surface area contributed by atoms with Crippen molar-refractivity contribution in [1.29, 1.82) is 0 Å². The molecular weight excluding hydrogens is 260 g/mol. The third-order valence-electron chi connectivity index (χ3n) is 4.95. The molecule has 1 atom stereocenters. The van der Waals surface area contributed by atoms with Crippen LogP contribution in [0.2, 0.25) is 0 Å². The lowest BCUT2D eigenvalue weighted by molar-refractivity contribution is -0.146. The van der Waals surface area contributed by atoms with E-state index in [0.29, 0.717) is 6.61 Å². The van der Waals surface area contributed by atoms with Crippen molar-refractivity contribution >= 4 is 0 Å². The van der Waals surface area contributed by atoms with Crippen LogP contribution in [0.3, 0.4) is 0 Å². The Labute approximate surface area is 129 Å². The largest absolute Gasteiger partial charge is 0.390 e. The zero-order valence-corrected chi connectivity index (χ0v) is 13.6. The van der Waals surface area contributed by atoms with Crippen LogP contribution in [0.1, 0.15) is 57.9 Å². The summed E-state index contributed by atoms with van der Waals surface area (Å²) in [4.78, 5) is 0. The molecule has 1 fully saturated rings. The van der Waals surface area contributed by atoms with E-state index < -0.39 is 0 Å². The van der Waals surface area contributed by atoms with Crippen molar-refractivity contribution in [2.45, 2.75) is 70.5 Å². The molecule has 0 spiro atoms. The first-order valence-electron chi connectivity index (χ1n) is 8.52. The van der Waals surface area contributed by atoms with Crippen molar-refractivity contribution in [1.82, 2.24) is 0 Å². The summed E-state index contributed by atoms with van der Waals surface area (Å²) in [7, 11) is 0. The average molecular weight is 290 g/mol. The lowest BCUT2D eigenvalue weighted by atomic mass is 9.75. The van der Waals surface area contributed by atoms with Crippen LogP contribution in [0, 0.1) is 5.92 Å². The third kappa shape index (κ3) is 4.55. The normalized spacial score (nSPS) is 27.5. The van der Waals surface area contributed by atoms with Gasteiger partial charge in [-0.05, 0) is 63.4 Å². The second-order valence-electron chi connectivity index (χ2n) is 6.57. The molecule has 0 bridgehead atoms. The molecule has 0 saturated heterocycles. The van der Waals surface area contributed by atoms with E-state index in [2.05, 4.69) is 31.2 Å². The minimum atomic E-state index is -0.325. The van der Waals surface area contributed by atoms with E-state index in [1.165, 1.54) is 18.4 Å². The lowest BCUT2D eigenvalue weighted by Gasteiger charge is -2.42. The van der Waals surface area contributed by atoms with Gasteiger partial charge in [-0.25, -0.2) is 0 Å². The molecule has 2 heteroatoms. The van der Waals surface area contributed by atoms with Crippen LogP contribution < -0.4 is 0 Å². The first-order valence-corrected chi connectivity index (χ1v) is 8.52. The van der Waals surface area contributed by atoms with E-state index in [9.17, 15) is 5.11 Å². The van der Waals surface area contributed by atoms with Crippen LogP contribution in [-0.2, 0) is 11.2 Å². The highest BCUT2D eigenvalue weighted by molar-refractivity contribution is 5.14. The molecule has 1 aromatic rings. The molecule has 1 aromatic carbocycles. The Morgan fingerprint density at radius 2 is 1.90 bits per heavy atom. The quantitative estimate of drug-likeness (QED) is 0.808. The number of benzene rings is 1. The Balaban J connectivity index is 1.85. The van der Waals surface area contributed by atoms with Gasteiger partial charge in [0, 0.05) is 6.61 Å². The number of aliphatic hydroxyl groups is 1. The van der Waals surface area contributed by atoms with Crippen molar-refractivity contribution in [3.8, 4) is 0 Å². The average Bonchev–Trinajstić information content (AvgIpc) is 2.51. The Morgan fingerprint density at radius 1 is 1.24 bits per heavy atom. The fourth-order valence-electron chi connectivity index (χ4n) is 3.52. The van der Waals surface area contributed by atoms with Gasteiger partial charge in [0.15, 0.2) is 0 Å². The first-order chi connectivity index (χ1) is 10.2. The van der Waals surface area contributed by atoms with Gasteiger partial charge in [-0.3, -0.25) is 0 Å². The molecule has 0 amide bonds. The van der Waals surface area contributed by atoms with E-state index in [-0.39, 0.29) is 11.7 Å². The fraction of sp³-hybridized carbons (Fsp3) is 0.684. The molecule has 21 heavy (non-hydrogen) atoms. The number of hydrogen-bond donors (Lipinski definition) is 1. The van der Waals surface area contributed by atoms with Crippen molar-refractivity contribution in [2.24, 2.45) is 5.92 Å². The Kier molecular flexibility index (Phi) is 6.25. The number of hydrogen-bond acceptors (Lipinski definition) is 2. The summed E-state index contributed by atoms with van der Waals surface area (Å²) >= 11 is 0. The van der Waals surface area contributed by atoms with Crippen LogP contribution in [0.5, 0.6) is 0 Å². The van der Waals surface area contributed by atoms with E-state index in [4.69, 9.17) is 4.74 Å². The van der Waals surface area contributed by atoms with Gasteiger partial charge in [0.05, 0.1) is 11.7 Å². The predicted octanol–water partition coefficient (Wildman–Crippen LogP) is 4.36. The predicted molar refractivity (Wildman–Crippen MR) is 87.4 cm³/mol. The van der Waals surface area contributed by atoms with Gasteiger partial charge in [-0.2, -0.15) is 0 Å². The second kappa shape index (κ2) is 7.95. The van der Waals surface area contributed by atoms with Gasteiger partial charge >= 0.3 is 0 Å². The highest BCUT2D eigenvalue weighted by atomic mass is 16.5. The van der Waals surface area contributed by atoms with Crippen molar-refractivity contribution < 1.29 is 9.84 Å². The van der Waals surface area contributed by atoms with Crippen molar-refractivity contribution in [3.63, 3.8) is 0 Å². The van der Waals surface area contributed by atoms with Crippen molar-refractivity contribution in [3.05, 3.63) is 35.9 Å². The van der Waals surface area contributed by atoms with E-state index in [1.54, 1.807) is 0 Å². The number of rotatable bonds is 7. The molecule has 2 rings (SSSR count). The number of aliphatic hydroxyl groups excluding tert-OH is 1. The molecule has 0 heterocycles. The summed E-state index contributed by atoms with van der Waals surface area (Å²) < 4.78 is 6.03. The Hall–Kier alpha value is -0.860. The summed E-state index contributed by atoms with van der Waals surface area (Å²) in [6, 6.07) is 10.5. The third-order valence-corrected chi connectivity index (χ3v) is 4.95. The van der Waals surface area contributed by atoms with Crippen LogP contribution >= 0.6 is 0 Å². The molecule has 1 aliphatic carbocycles. The van der Waals surface area contributed by atoms with Crippen LogP contribution in [0.15, 0.2) is 30.3 Å². The summed E-state index contributed by atoms with van der Waals surface area (Å²) in [5.74, 6) is 0.773. The van der Waals surface area contributed by atoms with Gasteiger partial charge in [0.25, 0.3) is 0 Å². The minimum absolute atomic E-state index is 0.280. The van der Waals surface area contributed by atoms with E-state index >= 15 is 0 Å². The highest BCUT2D eigenvalue weighted by Crippen LogP contribution is 2.38. The molecule has 0 aliphatic heterocycles. The second-order valence-corrected chi connectivity index (χ2v) is 6.57. The first kappa shape index (κ1) is 16.5. The molecule has 1 N–H and O–H groups in total. The standard InChI is InChI=1S/C19H30O2/c1-3-21-19(14-12-16(2)13-15-19)18(20)11-7-10-17-8-5-4-6-9-17/h4-6,8-9,16,18,20H,3,7,10-15H2,1-2H3. The van der Waals surface area contributed by atoms with Crippen LogP contribution in [-0.4, -0.2) is 23.4 Å². The molecule has 1 saturated carbocycles. The monoisotopic (exact) mass is 290 g/mol. The van der Waals surface area contributed by atoms with E-state index in [0.717, 1.165) is 38.0 Å². The minimum Gasteiger partial charge on any atom is -0.390 e. The molecule has 0 aromatic heterocycles. The topological polar surface area (TPSA) is 29.5 Å². The Morgan fingerprint density at radius 3 is 2.52 bits per heavy atom. The van der Waals surface area contributed by atoms with E-state index in [1.807, 2.05) is 13.0 Å². The smallest absolute Gasteiger partial charge is 0.0940 e. The molecule has 118 valence electrons. The van der Waals surface area contributed by atoms with Gasteiger partial charge < -0.3 is 9.84 Å². The summed E-state index contributed by atoms with van der Waals surface area (Å²) in [6.45, 7) is 5.04. The maximum Gasteiger partial charge on any atom is 0.0940 e. The van der Waals surface area contributed by atoms with Gasteiger partial charge in [-0.1, -0.05) is 37.3 Å². The maximum atomic E-state index is 10.7. The molecule has 0 radical (unpaired) electrons. The summed E-state index contributed by atoms with van der Waals surface area (Å²) in [5.41, 5.74) is 1.07. The Bertz CT molecular complexity index is 393. The van der Waals surface area contributed by atoms with Gasteiger partial charge in [0.2, 0.25) is 0 Å². The number of aryl methyl sites for hydroxylation is 1. The van der Waals surface area contributed by atoms with Crippen LogP contribution in [0.25, 0.3) is 0 Å². The number of ether oxygens (including phenoxy) is 1. The fourth-order valence-corrected chi connectivity index (χ4v) is 3.52. The van der Waals surface area contributed by atoms with Crippen molar-refractivity contribution in [2.75, 3.05) is 6.61 Å². The highest BCUT2D eigenvalue weighted by Gasteiger charge is 2.40. The lowest BCUT2D eigenvalue weighted by Crippen LogP contribution is -2.47. The molecular formula is C19H30O2. The van der Waals surface area contributed by atoms with Crippen LogP contribution in [0.4, 0.5) is 0 Å². The van der Waals surface area contributed by atoms with Gasteiger partial charge in [-0.15, -0.1) is 0 Å². The summed E-state index contributed by atoms with van der Waals surface area (Å²) in [6.07, 6.45) is 6.94. The summed E-state index contributed by atoms with van der Waals surface area (Å²) in [5, 5.41) is 10.7.